The zero-order valence-corrected chi connectivity index (χ0v) is 13.9. The second-order valence-electron chi connectivity index (χ2n) is 6.62. The fourth-order valence-corrected chi connectivity index (χ4v) is 3.04. The van der Waals surface area contributed by atoms with Gasteiger partial charge in [-0.25, -0.2) is 9.18 Å². The Morgan fingerprint density at radius 1 is 1.35 bits per heavy atom. The number of halogens is 1. The van der Waals surface area contributed by atoms with Crippen molar-refractivity contribution >= 4 is 6.03 Å². The second-order valence-corrected chi connectivity index (χ2v) is 6.62. The third-order valence-corrected chi connectivity index (χ3v) is 4.29. The Hall–Kier alpha value is -1.66. The standard InChI is InChI=1S/C17H26FN3O2/c1-21(2)11-14-9-13(5-6-15(14)18)10-19-16(23)20-17(12-22)7-3-4-8-17/h5-6,9,22H,3-4,7-8,10-12H2,1-2H3,(H2,19,20,23). The van der Waals surface area contributed by atoms with Gasteiger partial charge in [-0.2, -0.15) is 0 Å². The zero-order chi connectivity index (χ0) is 16.9. The van der Waals surface area contributed by atoms with Gasteiger partial charge in [0, 0.05) is 18.7 Å². The van der Waals surface area contributed by atoms with Crippen molar-refractivity contribution in [2.75, 3.05) is 20.7 Å². The first-order valence-electron chi connectivity index (χ1n) is 8.03. The molecule has 0 bridgehead atoms. The average Bonchev–Trinajstić information content (AvgIpc) is 2.96. The van der Waals surface area contributed by atoms with Gasteiger partial charge in [-0.05, 0) is 44.6 Å². The van der Waals surface area contributed by atoms with Crippen molar-refractivity contribution in [2.45, 2.75) is 44.3 Å². The summed E-state index contributed by atoms with van der Waals surface area (Å²) in [7, 11) is 3.77. The normalized spacial score (nSPS) is 16.6. The molecule has 0 heterocycles. The number of nitrogens with zero attached hydrogens (tertiary/aromatic N) is 1. The van der Waals surface area contributed by atoms with Gasteiger partial charge in [-0.3, -0.25) is 0 Å². The summed E-state index contributed by atoms with van der Waals surface area (Å²) in [5.41, 5.74) is 0.975. The SMILES string of the molecule is CN(C)Cc1cc(CNC(=O)NC2(CO)CCCC2)ccc1F. The Balaban J connectivity index is 1.91. The van der Waals surface area contributed by atoms with Gasteiger partial charge >= 0.3 is 6.03 Å². The maximum absolute atomic E-state index is 13.7. The number of hydrogen-bond donors (Lipinski definition) is 3. The second kappa shape index (κ2) is 7.75. The summed E-state index contributed by atoms with van der Waals surface area (Å²) in [6, 6.07) is 4.58. The molecule has 128 valence electrons. The smallest absolute Gasteiger partial charge is 0.315 e. The van der Waals surface area contributed by atoms with Crippen molar-refractivity contribution in [1.82, 2.24) is 15.5 Å². The van der Waals surface area contributed by atoms with Crippen molar-refractivity contribution < 1.29 is 14.3 Å². The lowest BCUT2D eigenvalue weighted by Crippen LogP contribution is -2.52. The van der Waals surface area contributed by atoms with Crippen LogP contribution in [0.15, 0.2) is 18.2 Å². The molecule has 0 saturated heterocycles. The minimum absolute atomic E-state index is 0.0377. The molecule has 3 N–H and O–H groups in total. The lowest BCUT2D eigenvalue weighted by molar-refractivity contribution is 0.163. The summed E-state index contributed by atoms with van der Waals surface area (Å²) in [6.45, 7) is 0.803. The van der Waals surface area contributed by atoms with Gasteiger partial charge in [0.1, 0.15) is 5.82 Å². The van der Waals surface area contributed by atoms with Gasteiger partial charge in [0.25, 0.3) is 0 Å². The molecule has 1 aromatic carbocycles. The first-order valence-corrected chi connectivity index (χ1v) is 8.03. The highest BCUT2D eigenvalue weighted by atomic mass is 19.1. The number of amides is 2. The third kappa shape index (κ3) is 4.91. The van der Waals surface area contributed by atoms with Crippen LogP contribution in [0, 0.1) is 5.82 Å². The fraction of sp³-hybridized carbons (Fsp3) is 0.588. The maximum Gasteiger partial charge on any atom is 0.315 e. The van der Waals surface area contributed by atoms with E-state index in [1.54, 1.807) is 12.1 Å². The van der Waals surface area contributed by atoms with E-state index in [4.69, 9.17) is 0 Å². The molecule has 2 amide bonds. The van der Waals surface area contributed by atoms with Crippen LogP contribution in [-0.4, -0.2) is 42.3 Å². The predicted octanol–water partition coefficient (Wildman–Crippen LogP) is 1.99. The van der Waals surface area contributed by atoms with E-state index in [2.05, 4.69) is 10.6 Å². The number of aliphatic hydroxyl groups is 1. The van der Waals surface area contributed by atoms with Crippen LogP contribution >= 0.6 is 0 Å². The number of carbonyl (C=O) groups is 1. The van der Waals surface area contributed by atoms with Crippen LogP contribution < -0.4 is 10.6 Å². The fourth-order valence-electron chi connectivity index (χ4n) is 3.04. The van der Waals surface area contributed by atoms with E-state index in [1.165, 1.54) is 6.07 Å². The zero-order valence-electron chi connectivity index (χ0n) is 13.9. The molecule has 6 heteroatoms. The van der Waals surface area contributed by atoms with E-state index in [1.807, 2.05) is 19.0 Å². The quantitative estimate of drug-likeness (QED) is 0.750. The summed E-state index contributed by atoms with van der Waals surface area (Å²) in [4.78, 5) is 13.9. The van der Waals surface area contributed by atoms with Gasteiger partial charge in [-0.15, -0.1) is 0 Å². The van der Waals surface area contributed by atoms with E-state index >= 15 is 0 Å². The largest absolute Gasteiger partial charge is 0.394 e. The van der Waals surface area contributed by atoms with Gasteiger partial charge in [0.05, 0.1) is 12.1 Å². The van der Waals surface area contributed by atoms with Crippen molar-refractivity contribution in [3.63, 3.8) is 0 Å². The highest BCUT2D eigenvalue weighted by Crippen LogP contribution is 2.28. The van der Waals surface area contributed by atoms with Crippen LogP contribution in [0.1, 0.15) is 36.8 Å². The van der Waals surface area contributed by atoms with E-state index in [-0.39, 0.29) is 18.5 Å². The van der Waals surface area contributed by atoms with Crippen molar-refractivity contribution in [3.8, 4) is 0 Å². The van der Waals surface area contributed by atoms with Crippen LogP contribution in [0.2, 0.25) is 0 Å². The summed E-state index contributed by atoms with van der Waals surface area (Å²) < 4.78 is 13.7. The molecule has 1 aliphatic rings. The Morgan fingerprint density at radius 3 is 2.65 bits per heavy atom. The van der Waals surface area contributed by atoms with E-state index in [0.29, 0.717) is 18.7 Å². The van der Waals surface area contributed by atoms with Gasteiger partial charge < -0.3 is 20.6 Å². The molecule has 0 atom stereocenters. The number of urea groups is 1. The van der Waals surface area contributed by atoms with Crippen LogP contribution in [0.3, 0.4) is 0 Å². The number of nitrogens with one attached hydrogen (secondary N) is 2. The Kier molecular flexibility index (Phi) is 5.96. The van der Waals surface area contributed by atoms with Crippen molar-refractivity contribution in [1.29, 1.82) is 0 Å². The molecule has 0 aromatic heterocycles. The minimum atomic E-state index is -0.483. The summed E-state index contributed by atoms with van der Waals surface area (Å²) in [5.74, 6) is -0.239. The first kappa shape index (κ1) is 17.7. The lowest BCUT2D eigenvalue weighted by atomic mass is 9.99. The predicted molar refractivity (Wildman–Crippen MR) is 87.4 cm³/mol. The van der Waals surface area contributed by atoms with Crippen LogP contribution in [0.5, 0.6) is 0 Å². The van der Waals surface area contributed by atoms with E-state index < -0.39 is 5.54 Å². The monoisotopic (exact) mass is 323 g/mol. The highest BCUT2D eigenvalue weighted by Gasteiger charge is 2.34. The molecule has 23 heavy (non-hydrogen) atoms. The molecular formula is C17H26FN3O2. The molecule has 0 unspecified atom stereocenters. The maximum atomic E-state index is 13.7. The van der Waals surface area contributed by atoms with E-state index in [9.17, 15) is 14.3 Å². The van der Waals surface area contributed by atoms with Gasteiger partial charge in [0.15, 0.2) is 0 Å². The van der Waals surface area contributed by atoms with Gasteiger partial charge in [-0.1, -0.05) is 18.9 Å². The van der Waals surface area contributed by atoms with Crippen LogP contribution in [-0.2, 0) is 13.1 Å². The number of benzene rings is 1. The molecule has 1 aromatic rings. The molecular weight excluding hydrogens is 297 g/mol. The highest BCUT2D eigenvalue weighted by molar-refractivity contribution is 5.74. The Labute approximate surface area is 136 Å². The van der Waals surface area contributed by atoms with Crippen molar-refractivity contribution in [3.05, 3.63) is 35.1 Å². The minimum Gasteiger partial charge on any atom is -0.394 e. The number of hydrogen-bond acceptors (Lipinski definition) is 3. The Bertz CT molecular complexity index is 543. The summed E-state index contributed by atoms with van der Waals surface area (Å²) in [5, 5.41) is 15.2. The molecule has 2 rings (SSSR count). The first-order chi connectivity index (χ1) is 10.9. The summed E-state index contributed by atoms with van der Waals surface area (Å²) >= 11 is 0. The van der Waals surface area contributed by atoms with Crippen molar-refractivity contribution in [2.24, 2.45) is 0 Å². The lowest BCUT2D eigenvalue weighted by Gasteiger charge is -2.28. The van der Waals surface area contributed by atoms with Gasteiger partial charge in [0.2, 0.25) is 0 Å². The van der Waals surface area contributed by atoms with Crippen LogP contribution in [0.4, 0.5) is 9.18 Å². The summed E-state index contributed by atoms with van der Waals surface area (Å²) in [6.07, 6.45) is 3.65. The number of carbonyl (C=O) groups excluding carboxylic acids is 1. The molecule has 1 aliphatic carbocycles. The van der Waals surface area contributed by atoms with E-state index in [0.717, 1.165) is 31.2 Å². The number of rotatable bonds is 6. The van der Waals surface area contributed by atoms with Crippen LogP contribution in [0.25, 0.3) is 0 Å². The molecule has 5 nitrogen and oxygen atoms in total. The molecule has 1 saturated carbocycles. The Morgan fingerprint density at radius 2 is 2.04 bits per heavy atom. The molecule has 1 fully saturated rings. The number of aliphatic hydroxyl groups excluding tert-OH is 1. The molecule has 0 aliphatic heterocycles. The topological polar surface area (TPSA) is 64.6 Å². The molecule has 0 spiro atoms. The average molecular weight is 323 g/mol. The third-order valence-electron chi connectivity index (χ3n) is 4.29. The molecule has 0 radical (unpaired) electrons.